The number of fused-ring (bicyclic) bond motifs is 15. The zero-order valence-electron chi connectivity index (χ0n) is 52.4. The molecule has 5 aromatic rings. The fourth-order valence-electron chi connectivity index (χ4n) is 20.0. The van der Waals surface area contributed by atoms with Gasteiger partial charge in [0.05, 0.1) is 37.0 Å². The average molecular weight is 1300 g/mol. The summed E-state index contributed by atoms with van der Waals surface area (Å²) in [5.41, 5.74) is 20.8. The largest absolute Gasteiger partial charge is 0.508 e. The third kappa shape index (κ3) is 12.6. The Morgan fingerprint density at radius 3 is 2.37 bits per heavy atom. The van der Waals surface area contributed by atoms with Crippen LogP contribution < -0.4 is 16.2 Å². The molecule has 3 heterocycles. The van der Waals surface area contributed by atoms with Crippen LogP contribution in [0.1, 0.15) is 193 Å². The van der Waals surface area contributed by atoms with E-state index in [9.17, 15) is 35.1 Å². The smallest absolute Gasteiger partial charge is 0.165 e. The number of aromatic amines is 1. The summed E-state index contributed by atoms with van der Waals surface area (Å²) in [6, 6.07) is 25.6. The van der Waals surface area contributed by atoms with Crippen molar-refractivity contribution in [3.63, 3.8) is 0 Å². The third-order valence-corrected chi connectivity index (χ3v) is 29.5. The van der Waals surface area contributed by atoms with Crippen LogP contribution in [0.15, 0.2) is 97.2 Å². The van der Waals surface area contributed by atoms with E-state index < -0.39 is 28.7 Å². The van der Waals surface area contributed by atoms with Crippen LogP contribution >= 0.6 is 43.2 Å². The Kier molecular flexibility index (Phi) is 18.6. The molecule has 1 aromatic heterocycles. The maximum atomic E-state index is 14.5. The highest BCUT2D eigenvalue weighted by Crippen LogP contribution is 2.67. The Bertz CT molecular complexity index is 3630. The third-order valence-electron chi connectivity index (χ3n) is 24.5. The van der Waals surface area contributed by atoms with Crippen LogP contribution in [-0.2, 0) is 36.2 Å². The minimum atomic E-state index is -1.07. The number of benzene rings is 4. The van der Waals surface area contributed by atoms with Crippen LogP contribution in [0.25, 0.3) is 0 Å². The highest BCUT2D eigenvalue weighted by molar-refractivity contribution is 8.77. The molecule has 10 N–H and O–H groups in total. The maximum absolute atomic E-state index is 14.5. The predicted octanol–water partition coefficient (Wildman–Crippen LogP) is 14.2. The summed E-state index contributed by atoms with van der Waals surface area (Å²) in [5, 5.41) is 62.3. The van der Waals surface area contributed by atoms with Gasteiger partial charge in [0.2, 0.25) is 0 Å². The number of aryl methyl sites for hydroxylation is 1. The number of carbonyl (C=O) groups is 2. The molecule has 15 heteroatoms. The number of hydrogen-bond donors (Lipinski definition) is 8. The Hall–Kier alpha value is -4.60. The quantitative estimate of drug-likeness (QED) is 0.0470. The van der Waals surface area contributed by atoms with Gasteiger partial charge in [0.1, 0.15) is 5.75 Å². The average Bonchev–Trinajstić information content (AvgIpc) is 1.67. The van der Waals surface area contributed by atoms with Crippen LogP contribution in [0.2, 0.25) is 0 Å². The van der Waals surface area contributed by atoms with E-state index in [2.05, 4.69) is 53.2 Å². The van der Waals surface area contributed by atoms with Crippen molar-refractivity contribution in [3.8, 4) is 29.1 Å². The molecule has 14 rings (SSSR count). The number of H-pyrrole nitrogens is 1. The SMILES string of the molecule is NC(N)c1cc2c3cc1CSSCC1CC4(C=CC(=O)CCc5ccc(O)c(c5)OCCc5ccc(O)c(c5)C3CC(=O)c3cc[nH]c3CC#C2)CCC2CC3(O)C(CCC5C2Cc2ccccc2C(CO)C5CSSCC1(O)C4)CCC1C3CCC12CCCC2. The summed E-state index contributed by atoms with van der Waals surface area (Å²) in [4.78, 5) is 32.3. The van der Waals surface area contributed by atoms with Gasteiger partial charge >= 0.3 is 0 Å². The molecule has 2 spiro atoms. The number of aliphatic hydroxyl groups excluding tert-OH is 1. The molecular weight excluding hydrogens is 1210 g/mol. The number of nitrogens with two attached hydrogens (primary N) is 2. The first-order valence-corrected chi connectivity index (χ1v) is 39.1. The van der Waals surface area contributed by atoms with Gasteiger partial charge in [0, 0.05) is 82.7 Å². The summed E-state index contributed by atoms with van der Waals surface area (Å²) in [7, 11) is 7.11. The van der Waals surface area contributed by atoms with Gasteiger partial charge in [0.15, 0.2) is 23.1 Å². The summed E-state index contributed by atoms with van der Waals surface area (Å²) in [6.45, 7) is 0.307. The number of rotatable bonds is 2. The molecule has 13 atom stereocenters. The number of hydrogen-bond acceptors (Lipinski definition) is 14. The molecule has 9 aliphatic rings. The van der Waals surface area contributed by atoms with Crippen LogP contribution in [0, 0.1) is 70.0 Å². The lowest BCUT2D eigenvalue weighted by Crippen LogP contribution is -2.55. The number of carbonyl (C=O) groups excluding carboxylic acids is 2. The number of aliphatic hydroxyl groups is 3. The second-order valence-corrected chi connectivity index (χ2v) is 34.3. The monoisotopic (exact) mass is 1300 g/mol. The minimum Gasteiger partial charge on any atom is -0.508 e. The Morgan fingerprint density at radius 1 is 0.714 bits per heavy atom. The first-order chi connectivity index (χ1) is 44.1. The van der Waals surface area contributed by atoms with Gasteiger partial charge in [-0.05, 0) is 230 Å². The number of nitrogens with one attached hydrogen (secondary N) is 1. The van der Waals surface area contributed by atoms with Gasteiger partial charge in [-0.2, -0.15) is 0 Å². The fraction of sp³-hybridized carbons (Fsp3) is 0.553. The molecular formula is C76H91N3O8S4. The van der Waals surface area contributed by atoms with Crippen molar-refractivity contribution in [2.75, 3.05) is 30.5 Å². The maximum Gasteiger partial charge on any atom is 0.165 e. The van der Waals surface area contributed by atoms with E-state index >= 15 is 0 Å². The van der Waals surface area contributed by atoms with Crippen LogP contribution in [0.3, 0.4) is 0 Å². The molecule has 4 aromatic carbocycles. The lowest BCUT2D eigenvalue weighted by atomic mass is 9.53. The Morgan fingerprint density at radius 2 is 1.53 bits per heavy atom. The van der Waals surface area contributed by atoms with Crippen molar-refractivity contribution in [1.29, 1.82) is 0 Å². The number of allylic oxidation sites excluding steroid dienone is 2. The predicted molar refractivity (Wildman–Crippen MR) is 368 cm³/mol. The van der Waals surface area contributed by atoms with Crippen molar-refractivity contribution in [2.45, 2.75) is 170 Å². The van der Waals surface area contributed by atoms with Crippen molar-refractivity contribution in [3.05, 3.63) is 159 Å². The van der Waals surface area contributed by atoms with E-state index in [1.165, 1.54) is 49.7 Å². The number of aromatic nitrogens is 1. The minimum absolute atomic E-state index is 0.000694. The summed E-state index contributed by atoms with van der Waals surface area (Å²) >= 11 is 0. The molecule has 7 aliphatic carbocycles. The van der Waals surface area contributed by atoms with Crippen LogP contribution in [0.4, 0.5) is 0 Å². The summed E-state index contributed by atoms with van der Waals surface area (Å²) < 4.78 is 6.32. The van der Waals surface area contributed by atoms with E-state index in [4.69, 9.17) is 16.2 Å². The number of aromatic hydroxyl groups is 2. The highest BCUT2D eigenvalue weighted by atomic mass is 33.1. The first kappa shape index (κ1) is 63.8. The molecule has 1 saturated heterocycles. The molecule has 91 heavy (non-hydrogen) atoms. The van der Waals surface area contributed by atoms with Gasteiger partial charge < -0.3 is 46.7 Å². The molecule has 0 amide bonds. The topological polar surface area (TPSA) is 212 Å². The second-order valence-electron chi connectivity index (χ2n) is 29.3. The Labute approximate surface area is 553 Å². The van der Waals surface area contributed by atoms with Gasteiger partial charge in [-0.15, -0.1) is 0 Å². The highest BCUT2D eigenvalue weighted by Gasteiger charge is 2.62. The zero-order chi connectivity index (χ0) is 62.7. The molecule has 11 nitrogen and oxygen atoms in total. The first-order valence-electron chi connectivity index (χ1n) is 34.1. The van der Waals surface area contributed by atoms with Gasteiger partial charge in [-0.3, -0.25) is 9.59 Å². The van der Waals surface area contributed by atoms with Crippen LogP contribution in [0.5, 0.6) is 17.2 Å². The van der Waals surface area contributed by atoms with Gasteiger partial charge in [-0.1, -0.05) is 122 Å². The molecule has 13 unspecified atom stereocenters. The van der Waals surface area contributed by atoms with Crippen molar-refractivity contribution < 1.29 is 39.9 Å². The number of phenols is 2. The van der Waals surface area contributed by atoms with E-state index in [0.717, 1.165) is 90.6 Å². The standard InChI is InChI=1S/C76H91N3O8S4/c77-72(78)60-35-49-7-5-9-67-57(23-30-79-67)70(84)37-61-58(49)36-51(60)41-88-89-42-53-39-73(28-21-54(81)15-10-46-12-19-69(83)71(33-46)87-31-24-47-11-18-68(82)62(61)32-47)27-20-50-38-76(86)52(14-17-65-66(76)22-29-74(65)25-3-4-26-74)13-16-56-59(50)34-48-6-1-2-8-55(48)63(40-80)64(56)43-90-91-45-75(53,85)44-73/h1-2,6,8,11-12,18-19,21,23,28,30,32-33,35-36,50,52-53,56,59,61,63-66,72,79-80,82-83,85-86H,3-4,9-10,13-17,20,22,24-27,29,31,34,37-45,77-78H2. The lowest BCUT2D eigenvalue weighted by molar-refractivity contribution is -0.152. The lowest BCUT2D eigenvalue weighted by Gasteiger charge is -2.55. The van der Waals surface area contributed by atoms with E-state index in [1.54, 1.807) is 50.7 Å². The molecule has 13 bridgehead atoms. The summed E-state index contributed by atoms with van der Waals surface area (Å²) in [5.74, 6) is 11.2. The van der Waals surface area contributed by atoms with E-state index in [1.807, 2.05) is 53.3 Å². The molecule has 6 fully saturated rings. The molecule has 482 valence electrons. The van der Waals surface area contributed by atoms with Crippen molar-refractivity contribution >= 4 is 54.7 Å². The Balaban J connectivity index is 0.838. The number of Topliss-reactive ketones (excluding diaryl/α,β-unsaturated/α-hetero) is 1. The normalized spacial score (nSPS) is 33.4. The molecule has 5 saturated carbocycles. The second kappa shape index (κ2) is 26.5. The number of phenolic OH excluding ortho intramolecular Hbond substituents is 2. The van der Waals surface area contributed by atoms with Gasteiger partial charge in [-0.25, -0.2) is 0 Å². The van der Waals surface area contributed by atoms with E-state index in [0.29, 0.717) is 101 Å². The fourth-order valence-corrected chi connectivity index (χ4v) is 25.6. The number of ketones is 2. The number of ether oxygens (including phenoxy) is 1. The summed E-state index contributed by atoms with van der Waals surface area (Å²) in [6.07, 6.45) is 23.2. The zero-order valence-corrected chi connectivity index (χ0v) is 55.7. The van der Waals surface area contributed by atoms with Crippen molar-refractivity contribution in [2.24, 2.45) is 69.6 Å². The van der Waals surface area contributed by atoms with Crippen LogP contribution in [-0.4, -0.2) is 83.8 Å². The molecule has 2 aliphatic heterocycles. The van der Waals surface area contributed by atoms with Crippen molar-refractivity contribution in [1.82, 2.24) is 4.98 Å². The van der Waals surface area contributed by atoms with E-state index in [-0.39, 0.29) is 78.7 Å². The molecule has 0 radical (unpaired) electrons. The van der Waals surface area contributed by atoms with Gasteiger partial charge in [0.25, 0.3) is 0 Å².